The number of aryl methyl sites for hydroxylation is 1. The summed E-state index contributed by atoms with van der Waals surface area (Å²) in [6.45, 7) is 1.66. The topological polar surface area (TPSA) is 72.5 Å². The largest absolute Gasteiger partial charge is 0.459 e. The van der Waals surface area contributed by atoms with Crippen molar-refractivity contribution >= 4 is 16.0 Å². The third kappa shape index (κ3) is 3.08. The summed E-state index contributed by atoms with van der Waals surface area (Å²) in [5.41, 5.74) is 0.951. The number of cyclic esters (lactones) is 1. The lowest BCUT2D eigenvalue weighted by molar-refractivity contribution is -0.173. The third-order valence-electron chi connectivity index (χ3n) is 2.83. The molecule has 5 nitrogen and oxygen atoms in total. The molecule has 1 N–H and O–H groups in total. The lowest BCUT2D eigenvalue weighted by Crippen LogP contribution is -2.58. The minimum atomic E-state index is -3.46. The molecule has 18 heavy (non-hydrogen) atoms. The summed E-state index contributed by atoms with van der Waals surface area (Å²) >= 11 is 0. The standard InChI is InChI=1S/C12H15NO4S/c1-9-11(12(14)17-9)13-18(15,16)8-7-10-5-3-2-4-6-10/h2-6,9,11,13H,7-8H2,1H3/t9-,11-/m1/s1. The summed E-state index contributed by atoms with van der Waals surface area (Å²) in [4.78, 5) is 11.0. The molecule has 0 amide bonds. The van der Waals surface area contributed by atoms with Crippen LogP contribution in [0.15, 0.2) is 30.3 Å². The molecule has 6 heteroatoms. The van der Waals surface area contributed by atoms with Gasteiger partial charge in [0, 0.05) is 0 Å². The van der Waals surface area contributed by atoms with Gasteiger partial charge in [-0.25, -0.2) is 8.42 Å². The molecule has 1 fully saturated rings. The lowest BCUT2D eigenvalue weighted by Gasteiger charge is -2.32. The lowest BCUT2D eigenvalue weighted by atomic mass is 10.1. The van der Waals surface area contributed by atoms with E-state index in [2.05, 4.69) is 4.72 Å². The van der Waals surface area contributed by atoms with Crippen molar-refractivity contribution in [3.8, 4) is 0 Å². The molecule has 98 valence electrons. The predicted octanol–water partition coefficient (Wildman–Crippen LogP) is 0.462. The minimum Gasteiger partial charge on any atom is -0.459 e. The fraction of sp³-hybridized carbons (Fsp3) is 0.417. The number of hydrogen-bond donors (Lipinski definition) is 1. The number of benzene rings is 1. The molecule has 0 radical (unpaired) electrons. The number of carbonyl (C=O) groups excluding carboxylic acids is 1. The second kappa shape index (κ2) is 5.07. The Labute approximate surface area is 106 Å². The van der Waals surface area contributed by atoms with Gasteiger partial charge < -0.3 is 4.74 Å². The summed E-state index contributed by atoms with van der Waals surface area (Å²) < 4.78 is 30.6. The van der Waals surface area contributed by atoms with Gasteiger partial charge in [0.15, 0.2) is 6.04 Å². The highest BCUT2D eigenvalue weighted by molar-refractivity contribution is 7.89. The second-order valence-corrected chi connectivity index (χ2v) is 6.17. The van der Waals surface area contributed by atoms with Gasteiger partial charge in [-0.1, -0.05) is 30.3 Å². The van der Waals surface area contributed by atoms with E-state index in [-0.39, 0.29) is 11.9 Å². The number of hydrogen-bond acceptors (Lipinski definition) is 4. The SMILES string of the molecule is C[C@H]1OC(=O)[C@@H]1NS(=O)(=O)CCc1ccccc1. The number of ether oxygens (including phenoxy) is 1. The van der Waals surface area contributed by atoms with Crippen LogP contribution < -0.4 is 4.72 Å². The van der Waals surface area contributed by atoms with Gasteiger partial charge in [0.05, 0.1) is 5.75 Å². The Hall–Kier alpha value is -1.40. The van der Waals surface area contributed by atoms with E-state index in [1.54, 1.807) is 6.92 Å². The van der Waals surface area contributed by atoms with Crippen LogP contribution >= 0.6 is 0 Å². The maximum atomic E-state index is 11.8. The molecule has 1 heterocycles. The number of sulfonamides is 1. The maximum absolute atomic E-state index is 11.8. The van der Waals surface area contributed by atoms with Crippen LogP contribution in [0.3, 0.4) is 0 Å². The predicted molar refractivity (Wildman–Crippen MR) is 66.4 cm³/mol. The highest BCUT2D eigenvalue weighted by atomic mass is 32.2. The molecule has 0 aromatic heterocycles. The fourth-order valence-electron chi connectivity index (χ4n) is 1.74. The Kier molecular flexibility index (Phi) is 3.68. The molecule has 1 aliphatic heterocycles. The van der Waals surface area contributed by atoms with Crippen LogP contribution in [0.1, 0.15) is 12.5 Å². The molecule has 1 saturated heterocycles. The normalized spacial score (nSPS) is 23.3. The maximum Gasteiger partial charge on any atom is 0.328 e. The van der Waals surface area contributed by atoms with Gasteiger partial charge in [-0.2, -0.15) is 4.72 Å². The first-order valence-electron chi connectivity index (χ1n) is 5.72. The first-order valence-corrected chi connectivity index (χ1v) is 7.37. The Bertz CT molecular complexity index is 526. The number of esters is 1. The first-order chi connectivity index (χ1) is 8.48. The minimum absolute atomic E-state index is 0.0342. The zero-order valence-corrected chi connectivity index (χ0v) is 10.8. The molecular formula is C12H15NO4S. The van der Waals surface area contributed by atoms with Crippen LogP contribution in [-0.2, 0) is 26.0 Å². The molecule has 0 unspecified atom stereocenters. The van der Waals surface area contributed by atoms with Crippen molar-refractivity contribution in [1.29, 1.82) is 0 Å². The van der Waals surface area contributed by atoms with E-state index in [9.17, 15) is 13.2 Å². The quantitative estimate of drug-likeness (QED) is 0.788. The summed E-state index contributed by atoms with van der Waals surface area (Å²) in [5, 5.41) is 0. The van der Waals surface area contributed by atoms with E-state index in [0.717, 1.165) is 5.56 Å². The Balaban J connectivity index is 1.90. The zero-order chi connectivity index (χ0) is 13.2. The third-order valence-corrected chi connectivity index (χ3v) is 4.19. The molecular weight excluding hydrogens is 254 g/mol. The summed E-state index contributed by atoms with van der Waals surface area (Å²) in [5.74, 6) is -0.543. The number of carbonyl (C=O) groups is 1. The smallest absolute Gasteiger partial charge is 0.328 e. The zero-order valence-electron chi connectivity index (χ0n) is 10.00. The average Bonchev–Trinajstić information content (AvgIpc) is 2.36. The van der Waals surface area contributed by atoms with E-state index >= 15 is 0 Å². The van der Waals surface area contributed by atoms with Crippen molar-refractivity contribution in [2.75, 3.05) is 5.75 Å². The number of rotatable bonds is 5. The van der Waals surface area contributed by atoms with Gasteiger partial charge in [-0.3, -0.25) is 4.79 Å². The van der Waals surface area contributed by atoms with Crippen molar-refractivity contribution in [2.45, 2.75) is 25.5 Å². The summed E-state index contributed by atoms with van der Waals surface area (Å²) in [6, 6.07) is 8.61. The summed E-state index contributed by atoms with van der Waals surface area (Å²) in [7, 11) is -3.46. The van der Waals surface area contributed by atoms with E-state index in [0.29, 0.717) is 6.42 Å². The van der Waals surface area contributed by atoms with Crippen LogP contribution in [0.5, 0.6) is 0 Å². The van der Waals surface area contributed by atoms with Gasteiger partial charge in [-0.15, -0.1) is 0 Å². The molecule has 0 spiro atoms. The molecule has 0 bridgehead atoms. The van der Waals surface area contributed by atoms with Gasteiger partial charge in [0.2, 0.25) is 10.0 Å². The average molecular weight is 269 g/mol. The highest BCUT2D eigenvalue weighted by Gasteiger charge is 2.41. The van der Waals surface area contributed by atoms with Crippen LogP contribution in [0.25, 0.3) is 0 Å². The second-order valence-electron chi connectivity index (χ2n) is 4.29. The van der Waals surface area contributed by atoms with E-state index in [1.165, 1.54) is 0 Å². The van der Waals surface area contributed by atoms with Crippen molar-refractivity contribution < 1.29 is 17.9 Å². The van der Waals surface area contributed by atoms with Gasteiger partial charge in [0.25, 0.3) is 0 Å². The Morgan fingerprint density at radius 1 is 1.28 bits per heavy atom. The van der Waals surface area contributed by atoms with Gasteiger partial charge >= 0.3 is 5.97 Å². The molecule has 0 saturated carbocycles. The van der Waals surface area contributed by atoms with Gasteiger partial charge in [0.1, 0.15) is 6.10 Å². The van der Waals surface area contributed by atoms with Crippen LogP contribution in [0.2, 0.25) is 0 Å². The Morgan fingerprint density at radius 2 is 1.94 bits per heavy atom. The molecule has 2 atom stereocenters. The summed E-state index contributed by atoms with van der Waals surface area (Å²) in [6.07, 6.45) is 0.0378. The van der Waals surface area contributed by atoms with E-state index in [1.807, 2.05) is 30.3 Å². The van der Waals surface area contributed by atoms with Crippen molar-refractivity contribution in [1.82, 2.24) is 4.72 Å². The van der Waals surface area contributed by atoms with Crippen LogP contribution in [0.4, 0.5) is 0 Å². The fourth-order valence-corrected chi connectivity index (χ4v) is 3.03. The van der Waals surface area contributed by atoms with Crippen molar-refractivity contribution in [3.05, 3.63) is 35.9 Å². The van der Waals surface area contributed by atoms with Crippen molar-refractivity contribution in [3.63, 3.8) is 0 Å². The van der Waals surface area contributed by atoms with E-state index in [4.69, 9.17) is 4.74 Å². The number of nitrogens with one attached hydrogen (secondary N) is 1. The molecule has 1 aliphatic rings. The molecule has 1 aromatic carbocycles. The first kappa shape index (κ1) is 13.0. The highest BCUT2D eigenvalue weighted by Crippen LogP contribution is 2.14. The van der Waals surface area contributed by atoms with Crippen LogP contribution in [0, 0.1) is 0 Å². The van der Waals surface area contributed by atoms with Crippen molar-refractivity contribution in [2.24, 2.45) is 0 Å². The van der Waals surface area contributed by atoms with E-state index < -0.39 is 22.0 Å². The van der Waals surface area contributed by atoms with Crippen LogP contribution in [-0.4, -0.2) is 32.3 Å². The Morgan fingerprint density at radius 3 is 2.50 bits per heavy atom. The molecule has 1 aromatic rings. The monoisotopic (exact) mass is 269 g/mol. The molecule has 2 rings (SSSR count). The molecule has 0 aliphatic carbocycles. The van der Waals surface area contributed by atoms with Gasteiger partial charge in [-0.05, 0) is 18.9 Å².